The quantitative estimate of drug-likeness (QED) is 0.527. The summed E-state index contributed by atoms with van der Waals surface area (Å²) in [6.07, 6.45) is -4.87. The number of methoxy groups -OCH3 is 1. The zero-order chi connectivity index (χ0) is 23.8. The number of nitrogens with zero attached hydrogens (tertiary/aromatic N) is 3. The van der Waals surface area contributed by atoms with E-state index in [9.17, 15) is 18.0 Å². The fourth-order valence-electron chi connectivity index (χ4n) is 3.89. The van der Waals surface area contributed by atoms with Gasteiger partial charge in [0.2, 0.25) is 0 Å². The first-order valence-electron chi connectivity index (χ1n) is 10.2. The van der Waals surface area contributed by atoms with Crippen molar-refractivity contribution < 1.29 is 22.7 Å². The number of carbonyl (C=O) groups excluding carboxylic acids is 1. The number of carbonyl (C=O) groups is 1. The van der Waals surface area contributed by atoms with Crippen molar-refractivity contribution in [2.24, 2.45) is 0 Å². The van der Waals surface area contributed by atoms with Crippen LogP contribution in [0.3, 0.4) is 0 Å². The monoisotopic (exact) mass is 478 g/mol. The molecule has 0 fully saturated rings. The molecule has 0 saturated carbocycles. The Morgan fingerprint density at radius 2 is 1.88 bits per heavy atom. The second kappa shape index (κ2) is 8.97. The molecule has 0 radical (unpaired) electrons. The molecule has 0 unspecified atom stereocenters. The van der Waals surface area contributed by atoms with Crippen LogP contribution in [0.25, 0.3) is 0 Å². The van der Waals surface area contributed by atoms with Gasteiger partial charge in [-0.05, 0) is 23.3 Å². The topological polar surface area (TPSA) is 59.4 Å². The van der Waals surface area contributed by atoms with Crippen LogP contribution >= 0.6 is 11.6 Å². The van der Waals surface area contributed by atoms with E-state index in [1.54, 1.807) is 31.3 Å². The highest BCUT2D eigenvalue weighted by Crippen LogP contribution is 2.46. The zero-order valence-corrected chi connectivity index (χ0v) is 18.7. The van der Waals surface area contributed by atoms with E-state index in [0.29, 0.717) is 11.3 Å². The largest absolute Gasteiger partial charge is 0.497 e. The highest BCUT2D eigenvalue weighted by atomic mass is 35.5. The van der Waals surface area contributed by atoms with Crippen molar-refractivity contribution in [3.8, 4) is 5.75 Å². The Hall–Kier alpha value is -3.20. The van der Waals surface area contributed by atoms with E-state index in [1.165, 1.54) is 12.0 Å². The highest BCUT2D eigenvalue weighted by molar-refractivity contribution is 6.36. The predicted molar refractivity (Wildman–Crippen MR) is 119 cm³/mol. The van der Waals surface area contributed by atoms with Crippen molar-refractivity contribution in [3.05, 3.63) is 76.4 Å². The number of aromatic nitrogens is 2. The van der Waals surface area contributed by atoms with Gasteiger partial charge in [0.15, 0.2) is 11.7 Å². The Kier molecular flexibility index (Phi) is 6.25. The summed E-state index contributed by atoms with van der Waals surface area (Å²) in [5.74, 6) is 0.0105. The molecule has 33 heavy (non-hydrogen) atoms. The van der Waals surface area contributed by atoms with Gasteiger partial charge in [-0.2, -0.15) is 18.3 Å². The molecule has 3 aromatic rings. The first-order valence-corrected chi connectivity index (χ1v) is 10.6. The van der Waals surface area contributed by atoms with Crippen LogP contribution in [-0.4, -0.2) is 40.9 Å². The van der Waals surface area contributed by atoms with Crippen LogP contribution in [0, 0.1) is 0 Å². The van der Waals surface area contributed by atoms with E-state index < -0.39 is 24.2 Å². The zero-order valence-electron chi connectivity index (χ0n) is 17.9. The minimum atomic E-state index is -4.58. The molecule has 0 saturated heterocycles. The molecule has 1 aliphatic heterocycles. The fourth-order valence-corrected chi connectivity index (χ4v) is 4.15. The number of benzene rings is 2. The van der Waals surface area contributed by atoms with Crippen LogP contribution in [-0.2, 0) is 6.54 Å². The molecule has 1 amide bonds. The van der Waals surface area contributed by atoms with Crippen molar-refractivity contribution in [3.63, 3.8) is 0 Å². The van der Waals surface area contributed by atoms with Crippen LogP contribution in [0.2, 0.25) is 5.02 Å². The molecule has 2 aromatic carbocycles. The van der Waals surface area contributed by atoms with E-state index in [2.05, 4.69) is 10.4 Å². The lowest BCUT2D eigenvalue weighted by Crippen LogP contribution is -2.36. The van der Waals surface area contributed by atoms with Crippen molar-refractivity contribution >= 4 is 23.3 Å². The van der Waals surface area contributed by atoms with Crippen molar-refractivity contribution in [1.82, 2.24) is 14.7 Å². The molecular formula is C23H22ClF3N4O2. The molecule has 1 N–H and O–H groups in total. The first-order chi connectivity index (χ1) is 15.7. The van der Waals surface area contributed by atoms with Gasteiger partial charge in [-0.3, -0.25) is 4.79 Å². The minimum absolute atomic E-state index is 0.0254. The maximum absolute atomic E-state index is 14.0. The second-order valence-electron chi connectivity index (χ2n) is 7.87. The lowest BCUT2D eigenvalue weighted by molar-refractivity contribution is -0.173. The van der Waals surface area contributed by atoms with Crippen LogP contribution in [0.4, 0.5) is 19.0 Å². The Morgan fingerprint density at radius 3 is 2.48 bits per heavy atom. The molecule has 174 valence electrons. The average Bonchev–Trinajstić information content (AvgIpc) is 3.14. The molecule has 0 spiro atoms. The highest BCUT2D eigenvalue weighted by Gasteiger charge is 2.48. The third-order valence-corrected chi connectivity index (χ3v) is 5.98. The summed E-state index contributed by atoms with van der Waals surface area (Å²) in [6, 6.07) is 13.4. The van der Waals surface area contributed by atoms with Gasteiger partial charge in [0.05, 0.1) is 13.2 Å². The number of halogens is 4. The number of nitrogens with one attached hydrogen (secondary N) is 1. The van der Waals surface area contributed by atoms with Gasteiger partial charge >= 0.3 is 6.18 Å². The Balaban J connectivity index is 1.66. The number of alkyl halides is 3. The number of fused-ring (bicyclic) bond motifs is 1. The first kappa shape index (κ1) is 23.0. The van der Waals surface area contributed by atoms with Gasteiger partial charge in [0.1, 0.15) is 16.6 Å². The van der Waals surface area contributed by atoms with E-state index in [0.717, 1.165) is 10.2 Å². The van der Waals surface area contributed by atoms with Gasteiger partial charge in [0, 0.05) is 20.0 Å². The molecule has 2 atom stereocenters. The third kappa shape index (κ3) is 4.64. The molecule has 2 heterocycles. The summed E-state index contributed by atoms with van der Waals surface area (Å²) in [7, 11) is 3.07. The van der Waals surface area contributed by atoms with Gasteiger partial charge < -0.3 is 15.0 Å². The van der Waals surface area contributed by atoms with Crippen molar-refractivity contribution in [2.75, 3.05) is 19.5 Å². The van der Waals surface area contributed by atoms with Crippen LogP contribution in [0.15, 0.2) is 54.6 Å². The number of amides is 1. The number of rotatable bonds is 5. The van der Waals surface area contributed by atoms with E-state index in [1.807, 2.05) is 30.3 Å². The van der Waals surface area contributed by atoms with Crippen molar-refractivity contribution in [2.45, 2.75) is 31.2 Å². The molecule has 1 aliphatic rings. The number of hydrogen-bond acceptors (Lipinski definition) is 4. The Labute approximate surface area is 193 Å². The Bertz CT molecular complexity index is 1130. The summed E-state index contributed by atoms with van der Waals surface area (Å²) < 4.78 is 47.8. The molecule has 1 aromatic heterocycles. The molecule has 0 bridgehead atoms. The third-order valence-electron chi connectivity index (χ3n) is 5.63. The molecule has 0 aliphatic carbocycles. The number of anilines is 1. The smallest absolute Gasteiger partial charge is 0.410 e. The number of hydrogen-bond donors (Lipinski definition) is 1. The fraction of sp³-hybridized carbons (Fsp3) is 0.304. The molecule has 6 nitrogen and oxygen atoms in total. The molecular weight excluding hydrogens is 457 g/mol. The minimum Gasteiger partial charge on any atom is -0.497 e. The summed E-state index contributed by atoms with van der Waals surface area (Å²) >= 11 is 6.42. The van der Waals surface area contributed by atoms with Crippen LogP contribution in [0.1, 0.15) is 40.1 Å². The summed E-state index contributed by atoms with van der Waals surface area (Å²) in [5, 5.41) is 6.92. The van der Waals surface area contributed by atoms with E-state index >= 15 is 0 Å². The second-order valence-corrected chi connectivity index (χ2v) is 8.24. The van der Waals surface area contributed by atoms with E-state index in [-0.39, 0.29) is 29.5 Å². The SMILES string of the molecule is COc1ccc([C@@H]2C[C@H](C(F)(F)F)n3nc(C(=O)N(C)Cc4ccccc4)c(Cl)c3N2)cc1. The molecule has 10 heteroatoms. The van der Waals surface area contributed by atoms with Gasteiger partial charge in [-0.1, -0.05) is 54.1 Å². The number of ether oxygens (including phenoxy) is 1. The summed E-state index contributed by atoms with van der Waals surface area (Å²) in [4.78, 5) is 14.4. The van der Waals surface area contributed by atoms with Gasteiger partial charge in [-0.15, -0.1) is 0 Å². The van der Waals surface area contributed by atoms with Gasteiger partial charge in [-0.25, -0.2) is 4.68 Å². The standard InChI is InChI=1S/C23H22ClF3N4O2/c1-30(13-14-6-4-3-5-7-14)22(32)20-19(24)21-28-17(15-8-10-16(33-2)11-9-15)12-18(23(25,26)27)31(21)29-20/h3-11,17-18,28H,12-13H2,1-2H3/t17-,18+/m0/s1. The lowest BCUT2D eigenvalue weighted by atomic mass is 9.97. The van der Waals surface area contributed by atoms with Crippen LogP contribution in [0.5, 0.6) is 5.75 Å². The van der Waals surface area contributed by atoms with E-state index in [4.69, 9.17) is 16.3 Å². The van der Waals surface area contributed by atoms with Gasteiger partial charge in [0.25, 0.3) is 5.91 Å². The lowest BCUT2D eigenvalue weighted by Gasteiger charge is -2.33. The summed E-state index contributed by atoms with van der Waals surface area (Å²) in [6.45, 7) is 0.267. The normalized spacial score (nSPS) is 17.8. The maximum atomic E-state index is 14.0. The predicted octanol–water partition coefficient (Wildman–Crippen LogP) is 5.48. The summed E-state index contributed by atoms with van der Waals surface area (Å²) in [5.41, 5.74) is 1.30. The van der Waals surface area contributed by atoms with Crippen molar-refractivity contribution in [1.29, 1.82) is 0 Å². The molecule has 4 rings (SSSR count). The maximum Gasteiger partial charge on any atom is 0.410 e. The Morgan fingerprint density at radius 1 is 1.21 bits per heavy atom. The average molecular weight is 479 g/mol. The van der Waals surface area contributed by atoms with Crippen LogP contribution < -0.4 is 10.1 Å².